The molecule has 0 aliphatic rings. The van der Waals surface area contributed by atoms with E-state index in [0.29, 0.717) is 25.0 Å². The average molecular weight is 281 g/mol. The van der Waals surface area contributed by atoms with Crippen LogP contribution in [0.25, 0.3) is 0 Å². The number of nitrogens with zero attached hydrogens (tertiary/aromatic N) is 2. The van der Waals surface area contributed by atoms with E-state index in [4.69, 9.17) is 9.84 Å². The van der Waals surface area contributed by atoms with Crippen LogP contribution in [0.3, 0.4) is 0 Å². The van der Waals surface area contributed by atoms with Crippen molar-refractivity contribution in [2.75, 3.05) is 18.5 Å². The number of carboxylic acid groups (broad SMARTS) is 1. The van der Waals surface area contributed by atoms with Crippen LogP contribution in [0.15, 0.2) is 6.07 Å². The van der Waals surface area contributed by atoms with Gasteiger partial charge in [-0.3, -0.25) is 4.79 Å². The van der Waals surface area contributed by atoms with E-state index in [9.17, 15) is 4.79 Å². The predicted octanol–water partition coefficient (Wildman–Crippen LogP) is 2.49. The molecule has 0 saturated heterocycles. The number of ether oxygens (including phenoxy) is 1. The minimum atomic E-state index is -0.782. The highest BCUT2D eigenvalue weighted by Crippen LogP contribution is 2.14. The number of aliphatic carboxylic acids is 1. The molecule has 20 heavy (non-hydrogen) atoms. The van der Waals surface area contributed by atoms with Gasteiger partial charge in [0.05, 0.1) is 6.61 Å². The molecule has 1 heterocycles. The first-order chi connectivity index (χ1) is 9.55. The summed E-state index contributed by atoms with van der Waals surface area (Å²) in [5.41, 5.74) is 0.819. The molecule has 112 valence electrons. The van der Waals surface area contributed by atoms with Gasteiger partial charge in [-0.05, 0) is 19.3 Å². The van der Waals surface area contributed by atoms with Gasteiger partial charge in [-0.2, -0.15) is 4.98 Å². The van der Waals surface area contributed by atoms with Crippen molar-refractivity contribution in [3.05, 3.63) is 11.8 Å². The van der Waals surface area contributed by atoms with Crippen LogP contribution in [-0.2, 0) is 4.79 Å². The van der Waals surface area contributed by atoms with E-state index in [-0.39, 0.29) is 12.3 Å². The second-order valence-corrected chi connectivity index (χ2v) is 4.77. The molecule has 0 bridgehead atoms. The number of carboxylic acids is 1. The summed E-state index contributed by atoms with van der Waals surface area (Å²) in [6.07, 6.45) is 1.86. The fourth-order valence-electron chi connectivity index (χ4n) is 1.74. The fourth-order valence-corrected chi connectivity index (χ4v) is 1.74. The van der Waals surface area contributed by atoms with E-state index in [1.54, 1.807) is 6.07 Å². The van der Waals surface area contributed by atoms with Gasteiger partial charge >= 0.3 is 5.97 Å². The maximum Gasteiger partial charge on any atom is 0.303 e. The summed E-state index contributed by atoms with van der Waals surface area (Å²) in [6.45, 7) is 7.04. The quantitative estimate of drug-likeness (QED) is 0.723. The zero-order chi connectivity index (χ0) is 15.0. The fraction of sp³-hybridized carbons (Fsp3) is 0.643. The molecule has 1 aromatic rings. The van der Waals surface area contributed by atoms with Crippen LogP contribution in [0.5, 0.6) is 5.88 Å². The maximum atomic E-state index is 10.7. The van der Waals surface area contributed by atoms with E-state index in [0.717, 1.165) is 18.5 Å². The number of carbonyl (C=O) groups is 1. The van der Waals surface area contributed by atoms with Crippen molar-refractivity contribution in [2.45, 2.75) is 40.0 Å². The molecule has 0 aliphatic carbocycles. The monoisotopic (exact) mass is 281 g/mol. The molecule has 6 nitrogen and oxygen atoms in total. The molecule has 0 aromatic carbocycles. The Hall–Kier alpha value is -1.85. The standard InChI is InChI=1S/C14H23N3O3/c1-4-6-20-12-7-10(3)16-14(17-12)15-9-11(5-2)8-13(18)19/h7,11H,4-6,8-9H2,1-3H3,(H,18,19)(H,15,16,17). The molecule has 0 saturated carbocycles. The van der Waals surface area contributed by atoms with Gasteiger partial charge in [-0.15, -0.1) is 0 Å². The van der Waals surface area contributed by atoms with Crippen molar-refractivity contribution in [3.63, 3.8) is 0 Å². The number of rotatable bonds is 9. The van der Waals surface area contributed by atoms with Crippen LogP contribution < -0.4 is 10.1 Å². The Balaban J connectivity index is 2.62. The molecule has 0 amide bonds. The first kappa shape index (κ1) is 16.2. The molecule has 0 aliphatic heterocycles. The number of aromatic nitrogens is 2. The van der Waals surface area contributed by atoms with Crippen molar-refractivity contribution in [3.8, 4) is 5.88 Å². The lowest BCUT2D eigenvalue weighted by atomic mass is 10.0. The minimum absolute atomic E-state index is 0.0663. The number of aryl methyl sites for hydroxylation is 1. The van der Waals surface area contributed by atoms with E-state index in [1.165, 1.54) is 0 Å². The topological polar surface area (TPSA) is 84.3 Å². The molecular formula is C14H23N3O3. The summed E-state index contributed by atoms with van der Waals surface area (Å²) in [7, 11) is 0. The molecule has 1 unspecified atom stereocenters. The van der Waals surface area contributed by atoms with Gasteiger partial charge in [0, 0.05) is 24.7 Å². The highest BCUT2D eigenvalue weighted by Gasteiger charge is 2.12. The van der Waals surface area contributed by atoms with Crippen molar-refractivity contribution in [2.24, 2.45) is 5.92 Å². The van der Waals surface area contributed by atoms with Crippen LogP contribution in [0.2, 0.25) is 0 Å². The van der Waals surface area contributed by atoms with Gasteiger partial charge in [0.25, 0.3) is 0 Å². The number of nitrogens with one attached hydrogen (secondary N) is 1. The molecule has 6 heteroatoms. The second kappa shape index (κ2) is 8.35. The maximum absolute atomic E-state index is 10.7. The highest BCUT2D eigenvalue weighted by molar-refractivity contribution is 5.67. The smallest absolute Gasteiger partial charge is 0.303 e. The minimum Gasteiger partial charge on any atom is -0.481 e. The van der Waals surface area contributed by atoms with E-state index >= 15 is 0 Å². The Kier molecular flexibility index (Phi) is 6.76. The van der Waals surface area contributed by atoms with E-state index < -0.39 is 5.97 Å². The summed E-state index contributed by atoms with van der Waals surface area (Å²) in [5.74, 6) is 0.320. The average Bonchev–Trinajstić information content (AvgIpc) is 2.40. The predicted molar refractivity (Wildman–Crippen MR) is 77.1 cm³/mol. The summed E-state index contributed by atoms with van der Waals surface area (Å²) in [6, 6.07) is 1.79. The Bertz CT molecular complexity index is 438. The Morgan fingerprint density at radius 3 is 2.80 bits per heavy atom. The third-order valence-electron chi connectivity index (χ3n) is 2.87. The third-order valence-corrected chi connectivity index (χ3v) is 2.87. The Morgan fingerprint density at radius 1 is 1.45 bits per heavy atom. The molecule has 0 radical (unpaired) electrons. The lowest BCUT2D eigenvalue weighted by molar-refractivity contribution is -0.138. The molecule has 1 aromatic heterocycles. The third kappa shape index (κ3) is 5.86. The normalized spacial score (nSPS) is 11.9. The summed E-state index contributed by atoms with van der Waals surface area (Å²) in [5, 5.41) is 11.9. The van der Waals surface area contributed by atoms with Crippen molar-refractivity contribution >= 4 is 11.9 Å². The Labute approximate surface area is 119 Å². The van der Waals surface area contributed by atoms with Crippen molar-refractivity contribution < 1.29 is 14.6 Å². The highest BCUT2D eigenvalue weighted by atomic mass is 16.5. The molecule has 0 spiro atoms. The van der Waals surface area contributed by atoms with Gasteiger partial charge in [0.15, 0.2) is 0 Å². The van der Waals surface area contributed by atoms with Crippen LogP contribution in [0.4, 0.5) is 5.95 Å². The SMILES string of the molecule is CCCOc1cc(C)nc(NCC(CC)CC(=O)O)n1. The van der Waals surface area contributed by atoms with Crippen molar-refractivity contribution in [1.82, 2.24) is 9.97 Å². The molecule has 1 atom stereocenters. The lowest BCUT2D eigenvalue weighted by Gasteiger charge is -2.14. The summed E-state index contributed by atoms with van der Waals surface area (Å²) >= 11 is 0. The number of hydrogen-bond donors (Lipinski definition) is 2. The first-order valence-electron chi connectivity index (χ1n) is 6.99. The van der Waals surface area contributed by atoms with Gasteiger partial charge in [-0.25, -0.2) is 4.98 Å². The zero-order valence-corrected chi connectivity index (χ0v) is 12.3. The second-order valence-electron chi connectivity index (χ2n) is 4.77. The van der Waals surface area contributed by atoms with Crippen LogP contribution in [-0.4, -0.2) is 34.2 Å². The number of hydrogen-bond acceptors (Lipinski definition) is 5. The van der Waals surface area contributed by atoms with Gasteiger partial charge in [0.2, 0.25) is 11.8 Å². The Morgan fingerprint density at radius 2 is 2.20 bits per heavy atom. The van der Waals surface area contributed by atoms with Crippen LogP contribution >= 0.6 is 0 Å². The molecule has 1 rings (SSSR count). The summed E-state index contributed by atoms with van der Waals surface area (Å²) < 4.78 is 5.49. The van der Waals surface area contributed by atoms with Crippen LogP contribution in [0.1, 0.15) is 38.8 Å². The van der Waals surface area contributed by atoms with Gasteiger partial charge < -0.3 is 15.2 Å². The van der Waals surface area contributed by atoms with E-state index in [1.807, 2.05) is 20.8 Å². The molecular weight excluding hydrogens is 258 g/mol. The lowest BCUT2D eigenvalue weighted by Crippen LogP contribution is -2.18. The van der Waals surface area contributed by atoms with E-state index in [2.05, 4.69) is 15.3 Å². The summed E-state index contributed by atoms with van der Waals surface area (Å²) in [4.78, 5) is 19.3. The molecule has 2 N–H and O–H groups in total. The van der Waals surface area contributed by atoms with Gasteiger partial charge in [-0.1, -0.05) is 20.3 Å². The van der Waals surface area contributed by atoms with Gasteiger partial charge in [0.1, 0.15) is 0 Å². The largest absolute Gasteiger partial charge is 0.481 e. The number of anilines is 1. The molecule has 0 fully saturated rings. The van der Waals surface area contributed by atoms with Crippen molar-refractivity contribution in [1.29, 1.82) is 0 Å². The first-order valence-corrected chi connectivity index (χ1v) is 6.99. The van der Waals surface area contributed by atoms with Crippen LogP contribution in [0, 0.1) is 12.8 Å². The zero-order valence-electron chi connectivity index (χ0n) is 12.3.